The van der Waals surface area contributed by atoms with E-state index in [2.05, 4.69) is 15.1 Å². The van der Waals surface area contributed by atoms with E-state index in [9.17, 15) is 18.3 Å². The number of amides is 1. The fourth-order valence-electron chi connectivity index (χ4n) is 6.46. The van der Waals surface area contributed by atoms with Crippen LogP contribution < -0.4 is 11.5 Å². The van der Waals surface area contributed by atoms with Crippen LogP contribution >= 0.6 is 0 Å². The molecule has 1 saturated carbocycles. The molecule has 2 unspecified atom stereocenters. The van der Waals surface area contributed by atoms with Crippen LogP contribution in [0, 0.1) is 5.41 Å². The maximum atomic E-state index is 13.0. The highest BCUT2D eigenvalue weighted by Crippen LogP contribution is 2.45. The Labute approximate surface area is 230 Å². The van der Waals surface area contributed by atoms with Gasteiger partial charge in [-0.15, -0.1) is 0 Å². The number of sulfone groups is 1. The smallest absolute Gasteiger partial charge is 0.289 e. The zero-order chi connectivity index (χ0) is 28.4. The third-order valence-electron chi connectivity index (χ3n) is 8.54. The van der Waals surface area contributed by atoms with Gasteiger partial charge in [0.05, 0.1) is 17.6 Å². The monoisotopic (exact) mass is 565 g/mol. The van der Waals surface area contributed by atoms with Crippen molar-refractivity contribution in [3.8, 4) is 11.1 Å². The molecule has 6 rings (SSSR count). The van der Waals surface area contributed by atoms with Gasteiger partial charge in [0.1, 0.15) is 22.7 Å². The predicted octanol–water partition coefficient (Wildman–Crippen LogP) is 1.35. The van der Waals surface area contributed by atoms with Gasteiger partial charge in [0.25, 0.3) is 5.91 Å². The van der Waals surface area contributed by atoms with Crippen LogP contribution in [0.3, 0.4) is 0 Å². The Morgan fingerprint density at radius 3 is 2.48 bits per heavy atom. The Bertz CT molecular complexity index is 1650. The lowest BCUT2D eigenvalue weighted by Crippen LogP contribution is -2.50. The Balaban J connectivity index is 1.41. The van der Waals surface area contributed by atoms with Crippen LogP contribution in [-0.2, 0) is 20.2 Å². The predicted molar refractivity (Wildman–Crippen MR) is 148 cm³/mol. The number of nitrogens with two attached hydrogens (primary N) is 2. The molecule has 3 aromatic heterocycles. The number of hydrogen-bond acceptors (Lipinski definition) is 9. The molecule has 2 saturated heterocycles. The summed E-state index contributed by atoms with van der Waals surface area (Å²) in [5, 5.41) is 22.1. The van der Waals surface area contributed by atoms with Crippen LogP contribution in [0.2, 0.25) is 0 Å². The van der Waals surface area contributed by atoms with Gasteiger partial charge in [0, 0.05) is 41.6 Å². The molecule has 3 aromatic rings. The molecule has 3 aliphatic rings. The van der Waals surface area contributed by atoms with Gasteiger partial charge in [0.2, 0.25) is 0 Å². The Hall–Kier alpha value is -3.91. The number of rotatable bonds is 5. The number of fused-ring (bicyclic) bond motifs is 3. The third kappa shape index (κ3) is 4.13. The lowest BCUT2D eigenvalue weighted by atomic mass is 9.77. The summed E-state index contributed by atoms with van der Waals surface area (Å²) >= 11 is 0. The summed E-state index contributed by atoms with van der Waals surface area (Å²) < 4.78 is 27.3. The first kappa shape index (κ1) is 26.3. The summed E-state index contributed by atoms with van der Waals surface area (Å²) in [4.78, 5) is 27.6. The zero-order valence-corrected chi connectivity index (χ0v) is 22.8. The summed E-state index contributed by atoms with van der Waals surface area (Å²) in [6, 6.07) is 3.31. The molecule has 2 atom stereocenters. The van der Waals surface area contributed by atoms with E-state index in [1.807, 2.05) is 6.07 Å². The Kier molecular flexibility index (Phi) is 6.14. The highest BCUT2D eigenvalue weighted by Gasteiger charge is 2.46. The molecule has 2 bridgehead atoms. The number of aromatic nitrogens is 4. The molecule has 40 heavy (non-hydrogen) atoms. The van der Waals surface area contributed by atoms with Crippen molar-refractivity contribution in [1.82, 2.24) is 24.5 Å². The van der Waals surface area contributed by atoms with Crippen LogP contribution in [-0.4, -0.2) is 74.4 Å². The van der Waals surface area contributed by atoms with Crippen LogP contribution in [0.1, 0.15) is 62.3 Å². The van der Waals surface area contributed by atoms with Crippen molar-refractivity contribution in [2.24, 2.45) is 10.7 Å². The first-order valence-corrected chi connectivity index (χ1v) is 15.1. The van der Waals surface area contributed by atoms with Gasteiger partial charge < -0.3 is 21.5 Å². The lowest BCUT2D eigenvalue weighted by molar-refractivity contribution is -0.128. The van der Waals surface area contributed by atoms with E-state index < -0.39 is 21.3 Å². The minimum atomic E-state index is -3.78. The fraction of sp³-hybridized carbons (Fsp3) is 0.462. The van der Waals surface area contributed by atoms with E-state index in [0.29, 0.717) is 53.8 Å². The number of carbonyl (C=O) groups is 1. The van der Waals surface area contributed by atoms with Crippen LogP contribution in [0.25, 0.3) is 16.8 Å². The number of piperidine rings is 1. The van der Waals surface area contributed by atoms with E-state index in [4.69, 9.17) is 21.9 Å². The van der Waals surface area contributed by atoms with Crippen molar-refractivity contribution in [3.05, 3.63) is 35.9 Å². The highest BCUT2D eigenvalue weighted by atomic mass is 32.2. The minimum absolute atomic E-state index is 0.0182. The molecule has 0 radical (unpaired) electrons. The van der Waals surface area contributed by atoms with E-state index in [1.54, 1.807) is 23.4 Å². The van der Waals surface area contributed by atoms with Gasteiger partial charge in [-0.1, -0.05) is 6.07 Å². The number of hydrogen-bond donors (Lipinski definition) is 4. The standard InChI is InChI=1S/C26H31N9O4S/c1-40(38,39)21-20(15-9-16-4-5-17(10-15)34(16)25(36)22(28)31-13-27)33-24-18(12-32-35(24)23(21)29)14-3-6-19(30-11-14)26(37)7-2-8-26/h3,6,11-13,15-17,37H,2,4-5,7-10,29H2,1H3,(H3,27,28,31). The normalized spacial score (nSPS) is 24.2. The highest BCUT2D eigenvalue weighted by molar-refractivity contribution is 7.91. The SMILES string of the molecule is CS(=O)(=O)c1c(C2CC3CCC(C2)N3C(=O)C(N)=NC=N)nc2c(-c3ccc(C4(O)CCC4)nc3)cnn2c1N. The number of aliphatic imine (C=N–C) groups is 1. The molecular formula is C26H31N9O4S. The largest absolute Gasteiger partial charge is 0.384 e. The third-order valence-corrected chi connectivity index (χ3v) is 9.70. The summed E-state index contributed by atoms with van der Waals surface area (Å²) in [7, 11) is -3.78. The van der Waals surface area contributed by atoms with Crippen molar-refractivity contribution in [1.29, 1.82) is 5.41 Å². The molecule has 3 fully saturated rings. The van der Waals surface area contributed by atoms with Crippen molar-refractivity contribution < 1.29 is 18.3 Å². The maximum Gasteiger partial charge on any atom is 0.289 e. The number of nitrogens with zero attached hydrogens (tertiary/aromatic N) is 6. The molecule has 6 N–H and O–H groups in total. The molecule has 0 aromatic carbocycles. The van der Waals surface area contributed by atoms with Crippen molar-refractivity contribution in [2.75, 3.05) is 12.0 Å². The molecule has 1 aliphatic carbocycles. The number of nitrogen functional groups attached to an aromatic ring is 1. The van der Waals surface area contributed by atoms with Gasteiger partial charge >= 0.3 is 0 Å². The van der Waals surface area contributed by atoms with E-state index >= 15 is 0 Å². The molecular weight excluding hydrogens is 534 g/mol. The molecule has 2 aliphatic heterocycles. The van der Waals surface area contributed by atoms with E-state index in [-0.39, 0.29) is 34.6 Å². The first-order chi connectivity index (χ1) is 19.0. The molecule has 5 heterocycles. The van der Waals surface area contributed by atoms with Crippen molar-refractivity contribution >= 4 is 39.4 Å². The van der Waals surface area contributed by atoms with E-state index in [1.165, 1.54) is 4.52 Å². The number of aliphatic hydroxyl groups is 1. The lowest BCUT2D eigenvalue weighted by Gasteiger charge is -2.39. The summed E-state index contributed by atoms with van der Waals surface area (Å²) in [5.74, 6) is -0.939. The van der Waals surface area contributed by atoms with Crippen LogP contribution in [0.5, 0.6) is 0 Å². The average Bonchev–Trinajstić information content (AvgIpc) is 3.44. The van der Waals surface area contributed by atoms with Gasteiger partial charge in [-0.3, -0.25) is 15.2 Å². The van der Waals surface area contributed by atoms with Crippen LogP contribution in [0.4, 0.5) is 5.82 Å². The topological polar surface area (TPSA) is 206 Å². The quantitative estimate of drug-likeness (QED) is 0.260. The summed E-state index contributed by atoms with van der Waals surface area (Å²) in [5.41, 5.74) is 14.1. The average molecular weight is 566 g/mol. The number of anilines is 1. The molecule has 14 heteroatoms. The Morgan fingerprint density at radius 2 is 1.93 bits per heavy atom. The van der Waals surface area contributed by atoms with Gasteiger partial charge in [-0.25, -0.2) is 18.4 Å². The van der Waals surface area contributed by atoms with Gasteiger partial charge in [-0.2, -0.15) is 9.61 Å². The Morgan fingerprint density at radius 1 is 1.23 bits per heavy atom. The van der Waals surface area contributed by atoms with Crippen molar-refractivity contribution in [3.63, 3.8) is 0 Å². The molecule has 1 amide bonds. The second-order valence-electron chi connectivity index (χ2n) is 11.0. The second kappa shape index (κ2) is 9.34. The molecule has 210 valence electrons. The summed E-state index contributed by atoms with van der Waals surface area (Å²) in [6.07, 6.45) is 9.89. The number of carbonyl (C=O) groups excluding carboxylic acids is 1. The fourth-order valence-corrected chi connectivity index (χ4v) is 7.52. The number of nitrogens with one attached hydrogen (secondary N) is 1. The molecule has 0 spiro atoms. The second-order valence-corrected chi connectivity index (χ2v) is 13.0. The maximum absolute atomic E-state index is 13.0. The zero-order valence-electron chi connectivity index (χ0n) is 22.0. The van der Waals surface area contributed by atoms with Crippen molar-refractivity contribution in [2.45, 2.75) is 73.4 Å². The summed E-state index contributed by atoms with van der Waals surface area (Å²) in [6.45, 7) is 0. The first-order valence-electron chi connectivity index (χ1n) is 13.2. The van der Waals surface area contributed by atoms with Gasteiger partial charge in [0.15, 0.2) is 21.3 Å². The number of amidine groups is 1. The van der Waals surface area contributed by atoms with Crippen LogP contribution in [0.15, 0.2) is 34.4 Å². The molecule has 13 nitrogen and oxygen atoms in total. The minimum Gasteiger partial charge on any atom is -0.384 e. The van der Waals surface area contributed by atoms with E-state index in [0.717, 1.165) is 31.9 Å². The van der Waals surface area contributed by atoms with Gasteiger partial charge in [-0.05, 0) is 51.0 Å². The number of pyridine rings is 1.